The van der Waals surface area contributed by atoms with Gasteiger partial charge in [-0.1, -0.05) is 13.8 Å². The Morgan fingerprint density at radius 1 is 0.412 bits per heavy atom. The van der Waals surface area contributed by atoms with Crippen molar-refractivity contribution >= 4 is 0 Å². The molecule has 0 spiro atoms. The Morgan fingerprint density at radius 2 is 0.647 bits per heavy atom. The Hall–Kier alpha value is -0.200. The van der Waals surface area contributed by atoms with Gasteiger partial charge in [-0.05, 0) is 13.1 Å². The summed E-state index contributed by atoms with van der Waals surface area (Å²) >= 11 is 0. The predicted molar refractivity (Wildman–Crippen MR) is 75.7 cm³/mol. The van der Waals surface area contributed by atoms with Gasteiger partial charge in [-0.2, -0.15) is 0 Å². The molecule has 5 N–H and O–H groups in total. The van der Waals surface area contributed by atoms with Gasteiger partial charge in [0.2, 0.25) is 0 Å². The molecule has 0 radical (unpaired) electrons. The maximum absolute atomic E-state index is 3.40. The molecule has 0 unspecified atom stereocenters. The zero-order valence-corrected chi connectivity index (χ0v) is 11.6. The molecule has 0 rings (SSSR count). The summed E-state index contributed by atoms with van der Waals surface area (Å²) in [4.78, 5) is 0. The van der Waals surface area contributed by atoms with Crippen molar-refractivity contribution in [1.29, 1.82) is 0 Å². The van der Waals surface area contributed by atoms with Gasteiger partial charge in [0.25, 0.3) is 0 Å². The first-order valence-electron chi connectivity index (χ1n) is 6.95. The number of hydrogen-bond donors (Lipinski definition) is 5. The summed E-state index contributed by atoms with van der Waals surface area (Å²) in [6.45, 7) is 14.8. The molecule has 0 saturated heterocycles. The maximum atomic E-state index is 3.40. The molecule has 0 fully saturated rings. The molecular weight excluding hydrogens is 214 g/mol. The van der Waals surface area contributed by atoms with E-state index in [2.05, 4.69) is 40.4 Å². The largest absolute Gasteiger partial charge is 0.316 e. The summed E-state index contributed by atoms with van der Waals surface area (Å²) in [5.74, 6) is 0. The summed E-state index contributed by atoms with van der Waals surface area (Å²) in [7, 11) is 0. The molecule has 17 heavy (non-hydrogen) atoms. The van der Waals surface area contributed by atoms with E-state index in [-0.39, 0.29) is 0 Å². The van der Waals surface area contributed by atoms with Gasteiger partial charge in [-0.25, -0.2) is 0 Å². The van der Waals surface area contributed by atoms with Crippen molar-refractivity contribution in [3.05, 3.63) is 0 Å². The van der Waals surface area contributed by atoms with E-state index in [1.165, 1.54) is 0 Å². The zero-order valence-electron chi connectivity index (χ0n) is 11.6. The highest BCUT2D eigenvalue weighted by molar-refractivity contribution is 4.56. The van der Waals surface area contributed by atoms with Crippen LogP contribution in [0.1, 0.15) is 13.8 Å². The fraction of sp³-hybridized carbons (Fsp3) is 1.00. The van der Waals surface area contributed by atoms with Crippen molar-refractivity contribution in [3.8, 4) is 0 Å². The van der Waals surface area contributed by atoms with Gasteiger partial charge >= 0.3 is 0 Å². The lowest BCUT2D eigenvalue weighted by Crippen LogP contribution is -2.36. The molecule has 0 aromatic carbocycles. The fourth-order valence-corrected chi connectivity index (χ4v) is 1.44. The maximum Gasteiger partial charge on any atom is 0.00772 e. The highest BCUT2D eigenvalue weighted by atomic mass is 15.0. The van der Waals surface area contributed by atoms with Crippen LogP contribution >= 0.6 is 0 Å². The first-order valence-corrected chi connectivity index (χ1v) is 6.95. The van der Waals surface area contributed by atoms with Crippen LogP contribution in [0.25, 0.3) is 0 Å². The van der Waals surface area contributed by atoms with E-state index >= 15 is 0 Å². The lowest BCUT2D eigenvalue weighted by molar-refractivity contribution is 0.562. The number of nitrogens with one attached hydrogen (secondary N) is 5. The summed E-state index contributed by atoms with van der Waals surface area (Å²) in [6.07, 6.45) is 0. The van der Waals surface area contributed by atoms with E-state index < -0.39 is 0 Å². The standard InChI is InChI=1S/C12H31N5/c1-3-13-5-7-15-9-11-17-12-10-16-8-6-14-4-2/h13-17H,3-12H2,1-2H3. The van der Waals surface area contributed by atoms with Gasteiger partial charge in [0.1, 0.15) is 0 Å². The van der Waals surface area contributed by atoms with Crippen molar-refractivity contribution in [2.75, 3.05) is 65.4 Å². The molecule has 0 aliphatic rings. The van der Waals surface area contributed by atoms with Crippen molar-refractivity contribution < 1.29 is 0 Å². The third-order valence-corrected chi connectivity index (χ3v) is 2.41. The van der Waals surface area contributed by atoms with E-state index in [0.717, 1.165) is 65.4 Å². The minimum Gasteiger partial charge on any atom is -0.316 e. The van der Waals surface area contributed by atoms with Crippen LogP contribution in [0.15, 0.2) is 0 Å². The van der Waals surface area contributed by atoms with Gasteiger partial charge in [0.15, 0.2) is 0 Å². The topological polar surface area (TPSA) is 60.1 Å². The smallest absolute Gasteiger partial charge is 0.00772 e. The molecule has 0 atom stereocenters. The number of likely N-dealkylation sites (N-methyl/N-ethyl adjacent to an activating group) is 2. The van der Waals surface area contributed by atoms with Crippen LogP contribution in [-0.2, 0) is 0 Å². The monoisotopic (exact) mass is 245 g/mol. The number of hydrogen-bond acceptors (Lipinski definition) is 5. The van der Waals surface area contributed by atoms with Crippen LogP contribution in [-0.4, -0.2) is 65.4 Å². The molecular formula is C12H31N5. The van der Waals surface area contributed by atoms with E-state index in [4.69, 9.17) is 0 Å². The van der Waals surface area contributed by atoms with E-state index in [9.17, 15) is 0 Å². The summed E-state index contributed by atoms with van der Waals surface area (Å²) in [5.41, 5.74) is 0. The van der Waals surface area contributed by atoms with Crippen LogP contribution in [0.4, 0.5) is 0 Å². The number of rotatable bonds is 14. The lowest BCUT2D eigenvalue weighted by atomic mass is 10.5. The molecule has 104 valence electrons. The molecule has 0 saturated carbocycles. The van der Waals surface area contributed by atoms with Crippen molar-refractivity contribution in [1.82, 2.24) is 26.6 Å². The Labute approximate surface area is 107 Å². The Bertz CT molecular complexity index is 118. The van der Waals surface area contributed by atoms with Crippen molar-refractivity contribution in [2.45, 2.75) is 13.8 Å². The fourth-order valence-electron chi connectivity index (χ4n) is 1.44. The molecule has 5 heteroatoms. The Balaban J connectivity index is 2.85. The summed E-state index contributed by atoms with van der Waals surface area (Å²) in [6, 6.07) is 0. The second-order valence-electron chi connectivity index (χ2n) is 3.96. The highest BCUT2D eigenvalue weighted by Gasteiger charge is 1.89. The van der Waals surface area contributed by atoms with Crippen LogP contribution in [0.3, 0.4) is 0 Å². The quantitative estimate of drug-likeness (QED) is 0.254. The molecule has 0 amide bonds. The van der Waals surface area contributed by atoms with Gasteiger partial charge in [-0.3, -0.25) is 0 Å². The van der Waals surface area contributed by atoms with Crippen LogP contribution in [0, 0.1) is 0 Å². The molecule has 0 bridgehead atoms. The molecule has 5 nitrogen and oxygen atoms in total. The second kappa shape index (κ2) is 15.8. The van der Waals surface area contributed by atoms with Crippen LogP contribution < -0.4 is 26.6 Å². The predicted octanol–water partition coefficient (Wildman–Crippen LogP) is -1.03. The lowest BCUT2D eigenvalue weighted by Gasteiger charge is -2.08. The average molecular weight is 245 g/mol. The normalized spacial score (nSPS) is 10.9. The molecule has 0 aromatic heterocycles. The van der Waals surface area contributed by atoms with Crippen molar-refractivity contribution in [3.63, 3.8) is 0 Å². The van der Waals surface area contributed by atoms with Crippen LogP contribution in [0.2, 0.25) is 0 Å². The SMILES string of the molecule is CCNCCNCCNCCNCCNCC. The Morgan fingerprint density at radius 3 is 0.882 bits per heavy atom. The average Bonchev–Trinajstić information content (AvgIpc) is 2.35. The molecule has 0 aromatic rings. The van der Waals surface area contributed by atoms with Gasteiger partial charge in [0.05, 0.1) is 0 Å². The van der Waals surface area contributed by atoms with E-state index in [0.29, 0.717) is 0 Å². The highest BCUT2D eigenvalue weighted by Crippen LogP contribution is 1.63. The Kier molecular flexibility index (Phi) is 15.6. The summed E-state index contributed by atoms with van der Waals surface area (Å²) < 4.78 is 0. The third kappa shape index (κ3) is 15.8. The first kappa shape index (κ1) is 16.8. The third-order valence-electron chi connectivity index (χ3n) is 2.41. The molecule has 0 aliphatic carbocycles. The first-order chi connectivity index (χ1) is 8.41. The summed E-state index contributed by atoms with van der Waals surface area (Å²) in [5, 5.41) is 16.7. The van der Waals surface area contributed by atoms with Gasteiger partial charge in [-0.15, -0.1) is 0 Å². The minimum absolute atomic E-state index is 1.04. The van der Waals surface area contributed by atoms with Crippen molar-refractivity contribution in [2.24, 2.45) is 0 Å². The second-order valence-corrected chi connectivity index (χ2v) is 3.96. The van der Waals surface area contributed by atoms with E-state index in [1.54, 1.807) is 0 Å². The van der Waals surface area contributed by atoms with Gasteiger partial charge in [0, 0.05) is 52.4 Å². The minimum atomic E-state index is 1.04. The van der Waals surface area contributed by atoms with Crippen LogP contribution in [0.5, 0.6) is 0 Å². The van der Waals surface area contributed by atoms with Gasteiger partial charge < -0.3 is 26.6 Å². The molecule has 0 aliphatic heterocycles. The van der Waals surface area contributed by atoms with E-state index in [1.807, 2.05) is 0 Å². The zero-order chi connectivity index (χ0) is 12.6. The molecule has 0 heterocycles.